The van der Waals surface area contributed by atoms with Crippen LogP contribution in [0.3, 0.4) is 0 Å². The van der Waals surface area contributed by atoms with Crippen LogP contribution in [0.2, 0.25) is 0 Å². The molecule has 7 nitrogen and oxygen atoms in total. The average Bonchev–Trinajstić information content (AvgIpc) is 2.71. The topological polar surface area (TPSA) is 95.6 Å². The number of anilines is 2. The van der Waals surface area contributed by atoms with Gasteiger partial charge in [0.2, 0.25) is 21.8 Å². The van der Waals surface area contributed by atoms with E-state index in [1.165, 1.54) is 11.2 Å². The molecular weight excluding hydrogens is 428 g/mol. The Morgan fingerprint density at radius 1 is 0.968 bits per heavy atom. The van der Waals surface area contributed by atoms with Crippen LogP contribution in [0.1, 0.15) is 25.3 Å². The maximum absolute atomic E-state index is 13.5. The Kier molecular flexibility index (Phi) is 6.71. The first-order chi connectivity index (χ1) is 14.6. The molecule has 10 heteroatoms. The van der Waals surface area contributed by atoms with Crippen LogP contribution in [-0.2, 0) is 19.6 Å². The van der Waals surface area contributed by atoms with Crippen LogP contribution in [-0.4, -0.2) is 37.6 Å². The molecule has 2 aromatic carbocycles. The van der Waals surface area contributed by atoms with Crippen LogP contribution >= 0.6 is 0 Å². The number of benzene rings is 2. The summed E-state index contributed by atoms with van der Waals surface area (Å²) in [5, 5.41) is 5.48. The largest absolute Gasteiger partial charge is 0.325 e. The van der Waals surface area contributed by atoms with Crippen molar-refractivity contribution >= 4 is 33.2 Å². The first kappa shape index (κ1) is 22.8. The van der Waals surface area contributed by atoms with Crippen LogP contribution in [0.25, 0.3) is 0 Å². The van der Waals surface area contributed by atoms with Crippen molar-refractivity contribution in [2.75, 3.05) is 23.7 Å². The SMILES string of the molecule is CC(=O)Nc1ccc(C)cc1NC(=O)C1CCN(S(=O)(=O)c2ccc(F)c(F)c2)CC1. The van der Waals surface area contributed by atoms with E-state index in [0.29, 0.717) is 17.4 Å². The molecule has 0 atom stereocenters. The summed E-state index contributed by atoms with van der Waals surface area (Å²) >= 11 is 0. The fraction of sp³-hybridized carbons (Fsp3) is 0.333. The molecule has 0 unspecified atom stereocenters. The molecule has 2 amide bonds. The first-order valence-electron chi connectivity index (χ1n) is 9.72. The zero-order chi connectivity index (χ0) is 22.8. The molecule has 2 aromatic rings. The monoisotopic (exact) mass is 451 g/mol. The van der Waals surface area contributed by atoms with E-state index < -0.39 is 27.6 Å². The van der Waals surface area contributed by atoms with Gasteiger partial charge in [-0.25, -0.2) is 17.2 Å². The maximum atomic E-state index is 13.5. The summed E-state index contributed by atoms with van der Waals surface area (Å²) in [4.78, 5) is 23.8. The van der Waals surface area contributed by atoms with Crippen LogP contribution in [0.4, 0.5) is 20.2 Å². The molecule has 31 heavy (non-hydrogen) atoms. The Morgan fingerprint density at radius 2 is 1.65 bits per heavy atom. The molecule has 1 saturated heterocycles. The second-order valence-electron chi connectivity index (χ2n) is 7.47. The zero-order valence-electron chi connectivity index (χ0n) is 17.1. The van der Waals surface area contributed by atoms with Crippen molar-refractivity contribution in [3.63, 3.8) is 0 Å². The third-order valence-electron chi connectivity index (χ3n) is 5.10. The molecule has 0 aliphatic carbocycles. The Morgan fingerprint density at radius 3 is 2.26 bits per heavy atom. The van der Waals surface area contributed by atoms with Gasteiger partial charge < -0.3 is 10.6 Å². The van der Waals surface area contributed by atoms with Gasteiger partial charge in [-0.2, -0.15) is 4.31 Å². The Hall–Kier alpha value is -2.85. The van der Waals surface area contributed by atoms with E-state index in [-0.39, 0.29) is 42.6 Å². The third-order valence-corrected chi connectivity index (χ3v) is 6.99. The number of carbonyl (C=O) groups excluding carboxylic acids is 2. The molecule has 1 aliphatic heterocycles. The highest BCUT2D eigenvalue weighted by molar-refractivity contribution is 7.89. The van der Waals surface area contributed by atoms with E-state index in [2.05, 4.69) is 10.6 Å². The van der Waals surface area contributed by atoms with Crippen LogP contribution in [0.5, 0.6) is 0 Å². The number of amides is 2. The van der Waals surface area contributed by atoms with Crippen LogP contribution < -0.4 is 10.6 Å². The summed E-state index contributed by atoms with van der Waals surface area (Å²) in [7, 11) is -3.99. The van der Waals surface area contributed by atoms with E-state index in [4.69, 9.17) is 0 Å². The van der Waals surface area contributed by atoms with Crippen molar-refractivity contribution in [2.45, 2.75) is 31.6 Å². The molecule has 0 aromatic heterocycles. The number of nitrogens with zero attached hydrogens (tertiary/aromatic N) is 1. The van der Waals surface area contributed by atoms with Crippen molar-refractivity contribution in [1.29, 1.82) is 0 Å². The molecule has 1 aliphatic rings. The number of nitrogens with one attached hydrogen (secondary N) is 2. The van der Waals surface area contributed by atoms with Crippen molar-refractivity contribution in [3.05, 3.63) is 53.6 Å². The average molecular weight is 451 g/mol. The number of rotatable bonds is 5. The number of halogens is 2. The molecule has 0 spiro atoms. The summed E-state index contributed by atoms with van der Waals surface area (Å²) < 4.78 is 53.1. The predicted molar refractivity (Wildman–Crippen MR) is 112 cm³/mol. The number of hydrogen-bond acceptors (Lipinski definition) is 4. The van der Waals surface area contributed by atoms with E-state index in [1.54, 1.807) is 12.1 Å². The Bertz CT molecular complexity index is 1110. The summed E-state index contributed by atoms with van der Waals surface area (Å²) in [6.45, 7) is 3.38. The lowest BCUT2D eigenvalue weighted by atomic mass is 9.97. The molecule has 3 rings (SSSR count). The minimum atomic E-state index is -3.99. The van der Waals surface area contributed by atoms with Gasteiger partial charge in [0.25, 0.3) is 0 Å². The summed E-state index contributed by atoms with van der Waals surface area (Å²) in [5.74, 6) is -3.33. The highest BCUT2D eigenvalue weighted by Gasteiger charge is 2.32. The number of piperidine rings is 1. The quantitative estimate of drug-likeness (QED) is 0.729. The lowest BCUT2D eigenvalue weighted by Crippen LogP contribution is -2.41. The Labute approximate surface area is 179 Å². The van der Waals surface area contributed by atoms with Gasteiger partial charge >= 0.3 is 0 Å². The normalized spacial score (nSPS) is 15.5. The second kappa shape index (κ2) is 9.11. The van der Waals surface area contributed by atoms with Gasteiger partial charge in [-0.15, -0.1) is 0 Å². The highest BCUT2D eigenvalue weighted by atomic mass is 32.2. The highest BCUT2D eigenvalue weighted by Crippen LogP contribution is 2.28. The zero-order valence-corrected chi connectivity index (χ0v) is 17.9. The van der Waals surface area contributed by atoms with Crippen molar-refractivity contribution in [2.24, 2.45) is 5.92 Å². The number of carbonyl (C=O) groups is 2. The lowest BCUT2D eigenvalue weighted by Gasteiger charge is -2.30. The smallest absolute Gasteiger partial charge is 0.243 e. The lowest BCUT2D eigenvalue weighted by molar-refractivity contribution is -0.121. The summed E-state index contributed by atoms with van der Waals surface area (Å²) in [6.07, 6.45) is 0.548. The standard InChI is InChI=1S/C21H23F2N3O4S/c1-13-3-6-19(24-14(2)27)20(11-13)25-21(28)15-7-9-26(10-8-15)31(29,30)16-4-5-17(22)18(23)12-16/h3-6,11-12,15H,7-10H2,1-2H3,(H,24,27)(H,25,28). The van der Waals surface area contributed by atoms with E-state index >= 15 is 0 Å². The summed E-state index contributed by atoms with van der Waals surface area (Å²) in [5.41, 5.74) is 1.85. The third kappa shape index (κ3) is 5.26. The minimum absolute atomic E-state index is 0.0752. The van der Waals surface area contributed by atoms with Gasteiger partial charge in [-0.3, -0.25) is 9.59 Å². The second-order valence-corrected chi connectivity index (χ2v) is 9.41. The van der Waals surface area contributed by atoms with Gasteiger partial charge in [-0.1, -0.05) is 6.07 Å². The predicted octanol–water partition coefficient (Wildman–Crippen LogP) is 3.27. The van der Waals surface area contributed by atoms with Crippen molar-refractivity contribution in [3.8, 4) is 0 Å². The van der Waals surface area contributed by atoms with Gasteiger partial charge in [0.05, 0.1) is 16.3 Å². The Balaban J connectivity index is 1.67. The fourth-order valence-electron chi connectivity index (χ4n) is 3.44. The minimum Gasteiger partial charge on any atom is -0.325 e. The van der Waals surface area contributed by atoms with Gasteiger partial charge in [0.15, 0.2) is 11.6 Å². The summed E-state index contributed by atoms with van der Waals surface area (Å²) in [6, 6.07) is 7.70. The molecule has 0 radical (unpaired) electrons. The fourth-order valence-corrected chi connectivity index (χ4v) is 4.92. The van der Waals surface area contributed by atoms with E-state index in [1.807, 2.05) is 13.0 Å². The molecular formula is C21H23F2N3O4S. The first-order valence-corrected chi connectivity index (χ1v) is 11.2. The van der Waals surface area contributed by atoms with Gasteiger partial charge in [-0.05, 0) is 55.7 Å². The molecule has 1 heterocycles. The van der Waals surface area contributed by atoms with Gasteiger partial charge in [0, 0.05) is 25.9 Å². The molecule has 166 valence electrons. The number of aryl methyl sites for hydroxylation is 1. The maximum Gasteiger partial charge on any atom is 0.243 e. The molecule has 1 fully saturated rings. The number of hydrogen-bond donors (Lipinski definition) is 2. The van der Waals surface area contributed by atoms with E-state index in [9.17, 15) is 26.8 Å². The molecule has 2 N–H and O–H groups in total. The van der Waals surface area contributed by atoms with Crippen LogP contribution in [0.15, 0.2) is 41.3 Å². The van der Waals surface area contributed by atoms with Crippen LogP contribution in [0, 0.1) is 24.5 Å². The van der Waals surface area contributed by atoms with Crippen molar-refractivity contribution < 1.29 is 26.8 Å². The number of sulfonamides is 1. The molecule has 0 saturated carbocycles. The van der Waals surface area contributed by atoms with E-state index in [0.717, 1.165) is 17.7 Å². The molecule has 0 bridgehead atoms. The van der Waals surface area contributed by atoms with Gasteiger partial charge in [0.1, 0.15) is 0 Å². The van der Waals surface area contributed by atoms with Crippen molar-refractivity contribution in [1.82, 2.24) is 4.31 Å².